The topological polar surface area (TPSA) is 31.0 Å². The molecule has 3 heteroatoms. The number of aryl methyl sites for hydroxylation is 1. The van der Waals surface area contributed by atoms with Crippen molar-refractivity contribution in [3.63, 3.8) is 0 Å². The second-order valence-electron chi connectivity index (χ2n) is 6.97. The third-order valence-corrected chi connectivity index (χ3v) is 5.38. The largest absolute Gasteiger partial charge is 0.437 e. The maximum atomic E-state index is 6.01. The third kappa shape index (κ3) is 1.94. The van der Waals surface area contributed by atoms with Crippen LogP contribution in [0.4, 0.5) is 0 Å². The van der Waals surface area contributed by atoms with Crippen LogP contribution in [-0.2, 0) is 0 Å². The van der Waals surface area contributed by atoms with Gasteiger partial charge in [-0.25, -0.2) is 4.98 Å². The molecule has 128 valence electrons. The van der Waals surface area contributed by atoms with Gasteiger partial charge in [-0.2, -0.15) is 0 Å². The predicted octanol–water partition coefficient (Wildman–Crippen LogP) is 6.39. The first-order valence-electron chi connectivity index (χ1n) is 9.08. The number of fused-ring (bicyclic) bond motifs is 6. The Balaban J connectivity index is 1.75. The number of pyridine rings is 1. The molecule has 27 heavy (non-hydrogen) atoms. The quantitative estimate of drug-likeness (QED) is 0.345. The van der Waals surface area contributed by atoms with Crippen molar-refractivity contribution in [2.75, 3.05) is 0 Å². The molecule has 0 spiro atoms. The van der Waals surface area contributed by atoms with Gasteiger partial charge in [0.1, 0.15) is 5.58 Å². The van der Waals surface area contributed by atoms with Crippen LogP contribution in [-0.4, -0.2) is 9.55 Å². The molecule has 0 unspecified atom stereocenters. The van der Waals surface area contributed by atoms with Gasteiger partial charge < -0.3 is 8.98 Å². The number of aromatic nitrogens is 2. The first-order valence-corrected chi connectivity index (χ1v) is 9.08. The van der Waals surface area contributed by atoms with E-state index in [4.69, 9.17) is 4.42 Å². The highest BCUT2D eigenvalue weighted by Gasteiger charge is 2.15. The molecule has 0 atom stereocenters. The molecule has 0 amide bonds. The van der Waals surface area contributed by atoms with Crippen LogP contribution in [0.3, 0.4) is 0 Å². The Kier molecular flexibility index (Phi) is 2.81. The zero-order valence-electron chi connectivity index (χ0n) is 14.8. The fraction of sp³-hybridized carbons (Fsp3) is 0.0417. The second-order valence-corrected chi connectivity index (χ2v) is 6.97. The molecule has 0 aliphatic rings. The van der Waals surface area contributed by atoms with E-state index >= 15 is 0 Å². The molecule has 0 bridgehead atoms. The van der Waals surface area contributed by atoms with Crippen LogP contribution >= 0.6 is 0 Å². The molecule has 0 saturated carbocycles. The van der Waals surface area contributed by atoms with E-state index in [1.54, 1.807) is 0 Å². The van der Waals surface area contributed by atoms with E-state index in [1.807, 2.05) is 6.20 Å². The predicted molar refractivity (Wildman–Crippen MR) is 111 cm³/mol. The normalized spacial score (nSPS) is 11.9. The molecular weight excluding hydrogens is 332 g/mol. The summed E-state index contributed by atoms with van der Waals surface area (Å²) in [5.41, 5.74) is 6.14. The van der Waals surface area contributed by atoms with Crippen LogP contribution in [0.15, 0.2) is 83.4 Å². The number of rotatable bonds is 1. The molecule has 3 heterocycles. The summed E-state index contributed by atoms with van der Waals surface area (Å²) in [4.78, 5) is 4.64. The number of furan rings is 1. The molecule has 0 fully saturated rings. The minimum atomic E-state index is 0.684. The molecule has 0 aliphatic carbocycles. The summed E-state index contributed by atoms with van der Waals surface area (Å²) in [6.45, 7) is 2.07. The minimum absolute atomic E-state index is 0.684. The maximum absolute atomic E-state index is 6.01. The van der Waals surface area contributed by atoms with Gasteiger partial charge >= 0.3 is 0 Å². The summed E-state index contributed by atoms with van der Waals surface area (Å²) in [5.74, 6) is 0. The summed E-state index contributed by atoms with van der Waals surface area (Å²) < 4.78 is 8.29. The molecule has 6 aromatic rings. The lowest BCUT2D eigenvalue weighted by Crippen LogP contribution is -1.94. The van der Waals surface area contributed by atoms with Crippen molar-refractivity contribution in [3.05, 3.63) is 84.6 Å². The lowest BCUT2D eigenvalue weighted by molar-refractivity contribution is 0.651. The Morgan fingerprint density at radius 1 is 0.741 bits per heavy atom. The van der Waals surface area contributed by atoms with Crippen LogP contribution in [0.25, 0.3) is 49.6 Å². The van der Waals surface area contributed by atoms with Gasteiger partial charge in [-0.3, -0.25) is 0 Å². The molecule has 3 aromatic carbocycles. The highest BCUT2D eigenvalue weighted by atomic mass is 16.3. The van der Waals surface area contributed by atoms with Crippen molar-refractivity contribution in [1.29, 1.82) is 0 Å². The second kappa shape index (κ2) is 5.21. The summed E-state index contributed by atoms with van der Waals surface area (Å²) >= 11 is 0. The molecule has 0 radical (unpaired) electrons. The van der Waals surface area contributed by atoms with Crippen LogP contribution in [0, 0.1) is 6.92 Å². The summed E-state index contributed by atoms with van der Waals surface area (Å²) in [6.07, 6.45) is 1.90. The number of nitrogens with zero attached hydrogens (tertiary/aromatic N) is 2. The Bertz CT molecular complexity index is 1430. The van der Waals surface area contributed by atoms with Crippen molar-refractivity contribution >= 4 is 43.9 Å². The molecule has 3 nitrogen and oxygen atoms in total. The molecule has 0 saturated heterocycles. The Labute approximate surface area is 155 Å². The van der Waals surface area contributed by atoms with Crippen molar-refractivity contribution in [2.24, 2.45) is 0 Å². The van der Waals surface area contributed by atoms with E-state index < -0.39 is 0 Å². The zero-order valence-corrected chi connectivity index (χ0v) is 14.8. The average molecular weight is 348 g/mol. The number of benzene rings is 3. The van der Waals surface area contributed by atoms with Gasteiger partial charge in [-0.15, -0.1) is 0 Å². The van der Waals surface area contributed by atoms with E-state index in [-0.39, 0.29) is 0 Å². The maximum Gasteiger partial charge on any atom is 0.227 e. The highest BCUT2D eigenvalue weighted by Crippen LogP contribution is 2.34. The lowest BCUT2D eigenvalue weighted by Gasteiger charge is -2.07. The Hall–Kier alpha value is -3.59. The third-order valence-electron chi connectivity index (χ3n) is 5.38. The van der Waals surface area contributed by atoms with Gasteiger partial charge in [-0.05, 0) is 30.7 Å². The minimum Gasteiger partial charge on any atom is -0.437 e. The summed E-state index contributed by atoms with van der Waals surface area (Å²) in [5, 5.41) is 4.66. The molecule has 0 aliphatic heterocycles. The van der Waals surface area contributed by atoms with Crippen molar-refractivity contribution in [2.45, 2.75) is 6.92 Å². The molecule has 0 N–H and O–H groups in total. The highest BCUT2D eigenvalue weighted by molar-refractivity contribution is 6.10. The fourth-order valence-electron chi connectivity index (χ4n) is 4.14. The van der Waals surface area contributed by atoms with E-state index in [0.717, 1.165) is 27.6 Å². The standard InChI is InChI=1S/C24H16N2O/c1-15-7-6-10-19-20-13-16(14-25-24(20)27-23(15)19)26-21-11-4-2-8-17(21)18-9-3-5-12-22(18)26/h2-14H,1H3. The van der Waals surface area contributed by atoms with Crippen LogP contribution in [0.5, 0.6) is 0 Å². The monoisotopic (exact) mass is 348 g/mol. The number of hydrogen-bond acceptors (Lipinski definition) is 2. The summed E-state index contributed by atoms with van der Waals surface area (Å²) in [7, 11) is 0. The lowest BCUT2D eigenvalue weighted by atomic mass is 10.1. The molecule has 3 aromatic heterocycles. The van der Waals surface area contributed by atoms with E-state index in [9.17, 15) is 0 Å². The molecular formula is C24H16N2O. The Morgan fingerprint density at radius 3 is 2.15 bits per heavy atom. The smallest absolute Gasteiger partial charge is 0.227 e. The first kappa shape index (κ1) is 14.6. The van der Waals surface area contributed by atoms with E-state index in [1.165, 1.54) is 21.8 Å². The Morgan fingerprint density at radius 2 is 1.41 bits per heavy atom. The van der Waals surface area contributed by atoms with Gasteiger partial charge in [0.05, 0.1) is 28.3 Å². The fourth-order valence-corrected chi connectivity index (χ4v) is 4.14. The summed E-state index contributed by atoms with van der Waals surface area (Å²) in [6, 6.07) is 25.5. The average Bonchev–Trinajstić information content (AvgIpc) is 3.24. The van der Waals surface area contributed by atoms with Gasteiger partial charge in [-0.1, -0.05) is 54.6 Å². The number of hydrogen-bond donors (Lipinski definition) is 0. The molecule has 6 rings (SSSR count). The zero-order chi connectivity index (χ0) is 18.0. The van der Waals surface area contributed by atoms with Gasteiger partial charge in [0, 0.05) is 16.2 Å². The van der Waals surface area contributed by atoms with Crippen LogP contribution in [0.1, 0.15) is 5.56 Å². The first-order chi connectivity index (χ1) is 13.3. The van der Waals surface area contributed by atoms with Gasteiger partial charge in [0.15, 0.2) is 0 Å². The van der Waals surface area contributed by atoms with Crippen LogP contribution in [0.2, 0.25) is 0 Å². The van der Waals surface area contributed by atoms with Crippen molar-refractivity contribution in [1.82, 2.24) is 9.55 Å². The van der Waals surface area contributed by atoms with Gasteiger partial charge in [0.25, 0.3) is 0 Å². The number of para-hydroxylation sites is 3. The van der Waals surface area contributed by atoms with E-state index in [0.29, 0.717) is 5.71 Å². The van der Waals surface area contributed by atoms with Gasteiger partial charge in [0.2, 0.25) is 5.71 Å². The van der Waals surface area contributed by atoms with Crippen molar-refractivity contribution < 1.29 is 4.42 Å². The van der Waals surface area contributed by atoms with Crippen molar-refractivity contribution in [3.8, 4) is 5.69 Å². The van der Waals surface area contributed by atoms with Crippen LogP contribution < -0.4 is 0 Å². The van der Waals surface area contributed by atoms with E-state index in [2.05, 4.69) is 89.3 Å². The SMILES string of the molecule is Cc1cccc2c1oc1ncc(-n3c4ccccc4c4ccccc43)cc12.